The van der Waals surface area contributed by atoms with Gasteiger partial charge in [0.1, 0.15) is 5.82 Å². The molecule has 1 aliphatic carbocycles. The molecule has 22 heavy (non-hydrogen) atoms. The molecule has 0 bridgehead atoms. The SMILES string of the molecule is Cc1nnc(SCc2nc(-c3ccccc3)no2)n1C1CC1. The molecule has 1 saturated carbocycles. The van der Waals surface area contributed by atoms with Crippen molar-refractivity contribution in [3.05, 3.63) is 42.0 Å². The minimum Gasteiger partial charge on any atom is -0.338 e. The summed E-state index contributed by atoms with van der Waals surface area (Å²) in [4.78, 5) is 4.44. The lowest BCUT2D eigenvalue weighted by atomic mass is 10.2. The van der Waals surface area contributed by atoms with Crippen LogP contribution in [0.4, 0.5) is 0 Å². The van der Waals surface area contributed by atoms with Crippen molar-refractivity contribution in [2.45, 2.75) is 36.7 Å². The molecule has 3 aromatic rings. The summed E-state index contributed by atoms with van der Waals surface area (Å²) in [7, 11) is 0. The molecule has 1 aliphatic rings. The lowest BCUT2D eigenvalue weighted by Crippen LogP contribution is -1.99. The van der Waals surface area contributed by atoms with Gasteiger partial charge in [-0.25, -0.2) is 0 Å². The van der Waals surface area contributed by atoms with Gasteiger partial charge in [-0.1, -0.05) is 47.3 Å². The van der Waals surface area contributed by atoms with E-state index < -0.39 is 0 Å². The van der Waals surface area contributed by atoms with Gasteiger partial charge in [-0.2, -0.15) is 4.98 Å². The fourth-order valence-electron chi connectivity index (χ4n) is 2.35. The number of aromatic nitrogens is 5. The largest absolute Gasteiger partial charge is 0.338 e. The van der Waals surface area contributed by atoms with E-state index in [9.17, 15) is 0 Å². The second kappa shape index (κ2) is 5.57. The predicted molar refractivity (Wildman–Crippen MR) is 82.3 cm³/mol. The van der Waals surface area contributed by atoms with Crippen molar-refractivity contribution in [1.82, 2.24) is 24.9 Å². The molecule has 1 fully saturated rings. The Bertz CT molecular complexity index is 778. The highest BCUT2D eigenvalue weighted by molar-refractivity contribution is 7.98. The lowest BCUT2D eigenvalue weighted by molar-refractivity contribution is 0.391. The van der Waals surface area contributed by atoms with Crippen molar-refractivity contribution in [3.8, 4) is 11.4 Å². The third kappa shape index (κ3) is 2.64. The van der Waals surface area contributed by atoms with Crippen molar-refractivity contribution in [2.24, 2.45) is 0 Å². The normalized spacial score (nSPS) is 14.4. The molecule has 0 atom stereocenters. The minimum atomic E-state index is 0.570. The Morgan fingerprint density at radius 3 is 2.82 bits per heavy atom. The molecule has 2 aromatic heterocycles. The van der Waals surface area contributed by atoms with Crippen LogP contribution in [0.1, 0.15) is 30.6 Å². The highest BCUT2D eigenvalue weighted by Gasteiger charge is 2.28. The van der Waals surface area contributed by atoms with Gasteiger partial charge in [0.25, 0.3) is 0 Å². The Labute approximate surface area is 131 Å². The highest BCUT2D eigenvalue weighted by atomic mass is 32.2. The van der Waals surface area contributed by atoms with Crippen LogP contribution >= 0.6 is 11.8 Å². The van der Waals surface area contributed by atoms with Gasteiger partial charge < -0.3 is 9.09 Å². The first kappa shape index (κ1) is 13.5. The van der Waals surface area contributed by atoms with E-state index in [1.165, 1.54) is 12.8 Å². The smallest absolute Gasteiger partial charge is 0.237 e. The molecule has 0 spiro atoms. The summed E-state index contributed by atoms with van der Waals surface area (Å²) < 4.78 is 7.53. The number of hydrogen-bond donors (Lipinski definition) is 0. The summed E-state index contributed by atoms with van der Waals surface area (Å²) in [5.74, 6) is 2.80. The molecule has 0 amide bonds. The van der Waals surface area contributed by atoms with Gasteiger partial charge >= 0.3 is 0 Å². The first-order chi connectivity index (χ1) is 10.8. The van der Waals surface area contributed by atoms with E-state index in [1.54, 1.807) is 11.8 Å². The van der Waals surface area contributed by atoms with Crippen LogP contribution in [0.5, 0.6) is 0 Å². The summed E-state index contributed by atoms with van der Waals surface area (Å²) in [5.41, 5.74) is 0.958. The molecule has 7 heteroatoms. The maximum absolute atomic E-state index is 5.32. The Balaban J connectivity index is 1.48. The quantitative estimate of drug-likeness (QED) is 0.673. The van der Waals surface area contributed by atoms with Crippen LogP contribution in [0.25, 0.3) is 11.4 Å². The average molecular weight is 313 g/mol. The van der Waals surface area contributed by atoms with E-state index in [4.69, 9.17) is 4.52 Å². The van der Waals surface area contributed by atoms with Crippen LogP contribution in [0.15, 0.2) is 40.0 Å². The predicted octanol–water partition coefficient (Wildman–Crippen LogP) is 3.26. The van der Waals surface area contributed by atoms with Crippen LogP contribution in [-0.4, -0.2) is 24.9 Å². The minimum absolute atomic E-state index is 0.570. The van der Waals surface area contributed by atoms with Crippen LogP contribution in [-0.2, 0) is 5.75 Å². The van der Waals surface area contributed by atoms with E-state index >= 15 is 0 Å². The zero-order valence-corrected chi connectivity index (χ0v) is 13.0. The molecule has 0 radical (unpaired) electrons. The van der Waals surface area contributed by atoms with E-state index in [1.807, 2.05) is 37.3 Å². The van der Waals surface area contributed by atoms with E-state index in [0.717, 1.165) is 16.5 Å². The number of nitrogens with zero attached hydrogens (tertiary/aromatic N) is 5. The van der Waals surface area contributed by atoms with Gasteiger partial charge in [-0.15, -0.1) is 10.2 Å². The van der Waals surface area contributed by atoms with Crippen molar-refractivity contribution in [3.63, 3.8) is 0 Å². The first-order valence-electron chi connectivity index (χ1n) is 7.23. The third-order valence-corrected chi connectivity index (χ3v) is 4.50. The number of benzene rings is 1. The van der Waals surface area contributed by atoms with Gasteiger partial charge in [0.15, 0.2) is 5.16 Å². The standard InChI is InChI=1S/C15H15N5OS/c1-10-17-18-15(20(10)12-7-8-12)22-9-13-16-14(19-21-13)11-5-3-2-4-6-11/h2-6,12H,7-9H2,1H3. The highest BCUT2D eigenvalue weighted by Crippen LogP contribution is 2.39. The van der Waals surface area contributed by atoms with Crippen molar-refractivity contribution >= 4 is 11.8 Å². The van der Waals surface area contributed by atoms with Crippen molar-refractivity contribution in [2.75, 3.05) is 0 Å². The Morgan fingerprint density at radius 1 is 1.23 bits per heavy atom. The van der Waals surface area contributed by atoms with Crippen LogP contribution in [0.3, 0.4) is 0 Å². The second-order valence-corrected chi connectivity index (χ2v) is 6.24. The monoisotopic (exact) mass is 313 g/mol. The zero-order valence-electron chi connectivity index (χ0n) is 12.1. The molecular formula is C15H15N5OS. The molecule has 0 saturated heterocycles. The fraction of sp³-hybridized carbons (Fsp3) is 0.333. The first-order valence-corrected chi connectivity index (χ1v) is 8.22. The Kier molecular flexibility index (Phi) is 3.42. The Hall–Kier alpha value is -2.15. The molecule has 112 valence electrons. The molecule has 2 heterocycles. The molecule has 6 nitrogen and oxygen atoms in total. The molecule has 0 unspecified atom stereocenters. The van der Waals surface area contributed by atoms with Gasteiger partial charge in [-0.05, 0) is 19.8 Å². The van der Waals surface area contributed by atoms with Gasteiger partial charge in [-0.3, -0.25) is 0 Å². The van der Waals surface area contributed by atoms with Gasteiger partial charge in [0.05, 0.1) is 5.75 Å². The van der Waals surface area contributed by atoms with E-state index in [-0.39, 0.29) is 0 Å². The van der Waals surface area contributed by atoms with E-state index in [0.29, 0.717) is 23.5 Å². The van der Waals surface area contributed by atoms with E-state index in [2.05, 4.69) is 24.9 Å². The maximum Gasteiger partial charge on any atom is 0.237 e. The van der Waals surface area contributed by atoms with Crippen LogP contribution in [0, 0.1) is 6.92 Å². The average Bonchev–Trinajstić information content (AvgIpc) is 3.15. The molecule has 1 aromatic carbocycles. The van der Waals surface area contributed by atoms with Crippen molar-refractivity contribution in [1.29, 1.82) is 0 Å². The molecular weight excluding hydrogens is 298 g/mol. The Morgan fingerprint density at radius 2 is 2.05 bits per heavy atom. The van der Waals surface area contributed by atoms with Gasteiger partial charge in [0, 0.05) is 11.6 Å². The van der Waals surface area contributed by atoms with Crippen molar-refractivity contribution < 1.29 is 4.52 Å². The summed E-state index contributed by atoms with van der Waals surface area (Å²) in [6, 6.07) is 10.4. The molecule has 0 N–H and O–H groups in total. The summed E-state index contributed by atoms with van der Waals surface area (Å²) in [6.07, 6.45) is 2.43. The topological polar surface area (TPSA) is 69.6 Å². The molecule has 0 aliphatic heterocycles. The fourth-order valence-corrected chi connectivity index (χ4v) is 3.23. The summed E-state index contributed by atoms with van der Waals surface area (Å²) >= 11 is 1.59. The zero-order chi connectivity index (χ0) is 14.9. The van der Waals surface area contributed by atoms with Crippen LogP contribution < -0.4 is 0 Å². The summed E-state index contributed by atoms with van der Waals surface area (Å²) in [6.45, 7) is 2.00. The number of thioether (sulfide) groups is 1. The third-order valence-electron chi connectivity index (χ3n) is 3.57. The number of hydrogen-bond acceptors (Lipinski definition) is 6. The maximum atomic E-state index is 5.32. The molecule has 4 rings (SSSR count). The van der Waals surface area contributed by atoms with Gasteiger partial charge in [0.2, 0.25) is 11.7 Å². The van der Waals surface area contributed by atoms with Crippen LogP contribution in [0.2, 0.25) is 0 Å². The second-order valence-electron chi connectivity index (χ2n) is 5.30. The number of aryl methyl sites for hydroxylation is 1. The summed E-state index contributed by atoms with van der Waals surface area (Å²) in [5, 5.41) is 13.4. The number of rotatable bonds is 5. The lowest BCUT2D eigenvalue weighted by Gasteiger charge is -2.04.